The molecule has 1 aromatic carbocycles. The lowest BCUT2D eigenvalue weighted by molar-refractivity contribution is 0.0191. The van der Waals surface area contributed by atoms with Gasteiger partial charge in [0.2, 0.25) is 5.89 Å². The molecule has 1 amide bonds. The fourth-order valence-corrected chi connectivity index (χ4v) is 3.69. The largest absolute Gasteiger partial charge is 0.418 e. The number of alkyl halides is 1. The minimum atomic E-state index is -1.33. The van der Waals surface area contributed by atoms with Crippen LogP contribution in [0.5, 0.6) is 0 Å². The van der Waals surface area contributed by atoms with E-state index in [1.165, 1.54) is 6.92 Å². The van der Waals surface area contributed by atoms with Gasteiger partial charge in [-0.15, -0.1) is 10.2 Å². The quantitative estimate of drug-likeness (QED) is 0.925. The number of hydrogen-bond acceptors (Lipinski definition) is 5. The summed E-state index contributed by atoms with van der Waals surface area (Å²) in [6.45, 7) is 1.84. The third-order valence-electron chi connectivity index (χ3n) is 5.06. The third-order valence-corrected chi connectivity index (χ3v) is 5.06. The number of aliphatic hydroxyl groups is 1. The number of benzene rings is 1. The highest BCUT2D eigenvalue weighted by atomic mass is 19.1. The van der Waals surface area contributed by atoms with Gasteiger partial charge in [0.05, 0.1) is 12.1 Å². The Kier molecular flexibility index (Phi) is 4.03. The van der Waals surface area contributed by atoms with Crippen molar-refractivity contribution < 1.29 is 18.7 Å². The van der Waals surface area contributed by atoms with Gasteiger partial charge in [-0.2, -0.15) is 0 Å². The van der Waals surface area contributed by atoms with Crippen LogP contribution in [0.2, 0.25) is 0 Å². The fourth-order valence-electron chi connectivity index (χ4n) is 3.69. The van der Waals surface area contributed by atoms with Crippen LogP contribution in [-0.2, 0) is 6.54 Å². The maximum absolute atomic E-state index is 13.3. The maximum Gasteiger partial charge on any atom is 0.254 e. The average molecular weight is 345 g/mol. The molecule has 1 unspecified atom stereocenters. The monoisotopic (exact) mass is 345 g/mol. The molecule has 132 valence electrons. The Hall–Kier alpha value is -2.28. The minimum absolute atomic E-state index is 0.0752. The maximum atomic E-state index is 13.3. The van der Waals surface area contributed by atoms with Gasteiger partial charge in [0, 0.05) is 17.7 Å². The summed E-state index contributed by atoms with van der Waals surface area (Å²) in [5.74, 6) is 0.0430. The first kappa shape index (κ1) is 16.2. The van der Waals surface area contributed by atoms with Gasteiger partial charge in [0.25, 0.3) is 11.8 Å². The molecule has 7 heteroatoms. The van der Waals surface area contributed by atoms with E-state index in [1.54, 1.807) is 17.0 Å². The van der Waals surface area contributed by atoms with Crippen LogP contribution < -0.4 is 0 Å². The standard InChI is InChI=1S/C18H20FN3O3/c1-10(19)16-20-21-17(25-16)11-6-7-12-9-22(18(24)13(12)8-11)14-4-2-3-5-15(14)23/h6-8,10,14-15,23H,2-5,9H2,1H3/t10?,14-,15-/m1/s1. The Morgan fingerprint density at radius 1 is 1.32 bits per heavy atom. The molecule has 0 saturated heterocycles. The molecule has 1 N–H and O–H groups in total. The Bertz CT molecular complexity index is 805. The second-order valence-electron chi connectivity index (χ2n) is 6.79. The van der Waals surface area contributed by atoms with Crippen molar-refractivity contribution >= 4 is 5.91 Å². The lowest BCUT2D eigenvalue weighted by Crippen LogP contribution is -2.45. The summed E-state index contributed by atoms with van der Waals surface area (Å²) in [7, 11) is 0. The summed E-state index contributed by atoms with van der Waals surface area (Å²) >= 11 is 0. The number of carbonyl (C=O) groups excluding carboxylic acids is 1. The van der Waals surface area contributed by atoms with Gasteiger partial charge in [-0.25, -0.2) is 4.39 Å². The zero-order chi connectivity index (χ0) is 17.6. The molecule has 0 spiro atoms. The van der Waals surface area contributed by atoms with Crippen molar-refractivity contribution in [3.63, 3.8) is 0 Å². The SMILES string of the molecule is CC(F)c1nnc(-c2ccc3c(c2)C(=O)N([C@@H]2CCCC[C@H]2O)C3)o1. The molecule has 0 radical (unpaired) electrons. The molecule has 1 aliphatic heterocycles. The summed E-state index contributed by atoms with van der Waals surface area (Å²) in [6.07, 6.45) is 1.80. The van der Waals surface area contributed by atoms with Crippen molar-refractivity contribution in [2.45, 2.75) is 57.5 Å². The van der Waals surface area contributed by atoms with Crippen molar-refractivity contribution in [2.24, 2.45) is 0 Å². The molecule has 25 heavy (non-hydrogen) atoms. The highest BCUT2D eigenvalue weighted by molar-refractivity contribution is 5.99. The van der Waals surface area contributed by atoms with Crippen LogP contribution in [0.15, 0.2) is 22.6 Å². The third kappa shape index (κ3) is 2.82. The zero-order valence-electron chi connectivity index (χ0n) is 14.0. The first-order valence-electron chi connectivity index (χ1n) is 8.64. The number of aliphatic hydroxyl groups excluding tert-OH is 1. The molecular formula is C18H20FN3O3. The number of amides is 1. The second kappa shape index (κ2) is 6.22. The van der Waals surface area contributed by atoms with Crippen molar-refractivity contribution in [3.05, 3.63) is 35.2 Å². The second-order valence-corrected chi connectivity index (χ2v) is 6.79. The van der Waals surface area contributed by atoms with Gasteiger partial charge in [0.1, 0.15) is 0 Å². The van der Waals surface area contributed by atoms with Gasteiger partial charge in [0.15, 0.2) is 6.17 Å². The molecular weight excluding hydrogens is 325 g/mol. The van der Waals surface area contributed by atoms with Crippen molar-refractivity contribution in [1.82, 2.24) is 15.1 Å². The number of aromatic nitrogens is 2. The summed E-state index contributed by atoms with van der Waals surface area (Å²) in [5, 5.41) is 17.8. The van der Waals surface area contributed by atoms with E-state index in [0.29, 0.717) is 17.7 Å². The van der Waals surface area contributed by atoms with Gasteiger partial charge in [-0.1, -0.05) is 18.9 Å². The predicted molar refractivity (Wildman–Crippen MR) is 87.4 cm³/mol. The number of carbonyl (C=O) groups is 1. The number of hydrogen-bond donors (Lipinski definition) is 1. The highest BCUT2D eigenvalue weighted by Gasteiger charge is 2.37. The Balaban J connectivity index is 1.61. The van der Waals surface area contributed by atoms with Crippen molar-refractivity contribution in [2.75, 3.05) is 0 Å². The molecule has 0 bridgehead atoms. The van der Waals surface area contributed by atoms with Gasteiger partial charge in [-0.05, 0) is 37.5 Å². The summed E-state index contributed by atoms with van der Waals surface area (Å²) in [4.78, 5) is 14.6. The van der Waals surface area contributed by atoms with E-state index < -0.39 is 12.3 Å². The van der Waals surface area contributed by atoms with E-state index in [1.807, 2.05) is 6.07 Å². The molecule has 1 aliphatic carbocycles. The predicted octanol–water partition coefficient (Wildman–Crippen LogP) is 3.03. The number of nitrogens with zero attached hydrogens (tertiary/aromatic N) is 3. The Morgan fingerprint density at radius 2 is 2.12 bits per heavy atom. The van der Waals surface area contributed by atoms with E-state index in [9.17, 15) is 14.3 Å². The molecule has 6 nitrogen and oxygen atoms in total. The summed E-state index contributed by atoms with van der Waals surface area (Å²) < 4.78 is 18.6. The van der Waals surface area contributed by atoms with Gasteiger partial charge < -0.3 is 14.4 Å². The van der Waals surface area contributed by atoms with Crippen LogP contribution in [0.1, 0.15) is 60.6 Å². The topological polar surface area (TPSA) is 79.5 Å². The van der Waals surface area contributed by atoms with E-state index in [2.05, 4.69) is 10.2 Å². The van der Waals surface area contributed by atoms with Crippen LogP contribution in [0.25, 0.3) is 11.5 Å². The lowest BCUT2D eigenvalue weighted by atomic mass is 9.91. The van der Waals surface area contributed by atoms with Crippen molar-refractivity contribution in [1.29, 1.82) is 0 Å². The van der Waals surface area contributed by atoms with Gasteiger partial charge in [-0.3, -0.25) is 4.79 Å². The summed E-state index contributed by atoms with van der Waals surface area (Å²) in [5.41, 5.74) is 2.10. The van der Waals surface area contributed by atoms with Gasteiger partial charge >= 0.3 is 0 Å². The number of fused-ring (bicyclic) bond motifs is 1. The molecule has 2 aliphatic rings. The molecule has 2 heterocycles. The molecule has 2 aromatic rings. The Morgan fingerprint density at radius 3 is 2.84 bits per heavy atom. The molecule has 1 saturated carbocycles. The number of rotatable bonds is 3. The highest BCUT2D eigenvalue weighted by Crippen LogP contribution is 2.33. The molecule has 4 rings (SSSR count). The lowest BCUT2D eigenvalue weighted by Gasteiger charge is -2.35. The van der Waals surface area contributed by atoms with Crippen LogP contribution in [-0.4, -0.2) is 38.3 Å². The minimum Gasteiger partial charge on any atom is -0.418 e. The van der Waals surface area contributed by atoms with Crippen LogP contribution in [0.4, 0.5) is 4.39 Å². The van der Waals surface area contributed by atoms with Crippen molar-refractivity contribution in [3.8, 4) is 11.5 Å². The summed E-state index contributed by atoms with van der Waals surface area (Å²) in [6, 6.07) is 5.25. The van der Waals surface area contributed by atoms with E-state index in [0.717, 1.165) is 31.2 Å². The Labute approximate surface area is 144 Å². The smallest absolute Gasteiger partial charge is 0.254 e. The van der Waals surface area contributed by atoms with Crippen LogP contribution in [0, 0.1) is 0 Å². The molecule has 1 aromatic heterocycles. The van der Waals surface area contributed by atoms with E-state index >= 15 is 0 Å². The molecule has 1 fully saturated rings. The zero-order valence-corrected chi connectivity index (χ0v) is 14.0. The number of halogens is 1. The first-order valence-corrected chi connectivity index (χ1v) is 8.64. The fraction of sp³-hybridized carbons (Fsp3) is 0.500. The normalized spacial score (nSPS) is 24.4. The average Bonchev–Trinajstić information content (AvgIpc) is 3.21. The first-order chi connectivity index (χ1) is 12.0. The van der Waals surface area contributed by atoms with Crippen LogP contribution in [0.3, 0.4) is 0 Å². The van der Waals surface area contributed by atoms with Crippen LogP contribution >= 0.6 is 0 Å². The van der Waals surface area contributed by atoms with E-state index in [-0.39, 0.29) is 23.7 Å². The molecule has 3 atom stereocenters. The van der Waals surface area contributed by atoms with E-state index in [4.69, 9.17) is 4.42 Å².